The number of benzene rings is 1. The van der Waals surface area contributed by atoms with Crippen molar-refractivity contribution in [2.24, 2.45) is 0 Å². The van der Waals surface area contributed by atoms with Crippen LogP contribution in [-0.2, 0) is 18.5 Å². The molecule has 20 heavy (non-hydrogen) atoms. The second kappa shape index (κ2) is 6.17. The number of rotatable bonds is 4. The topological polar surface area (TPSA) is 48.7 Å². The fourth-order valence-electron chi connectivity index (χ4n) is 1.75. The fraction of sp³-hybridized carbons (Fsp3) is 0.375. The lowest BCUT2D eigenvalue weighted by molar-refractivity contribution is 0.568. The van der Waals surface area contributed by atoms with E-state index in [0.717, 1.165) is 23.8 Å². The van der Waals surface area contributed by atoms with Crippen molar-refractivity contribution in [1.82, 2.24) is 10.3 Å². The van der Waals surface area contributed by atoms with Crippen LogP contribution in [0, 0.1) is 11.3 Å². The number of aromatic nitrogens is 1. The van der Waals surface area contributed by atoms with E-state index in [1.165, 1.54) is 5.56 Å². The molecule has 1 heterocycles. The van der Waals surface area contributed by atoms with Crippen LogP contribution < -0.4 is 5.32 Å². The van der Waals surface area contributed by atoms with Gasteiger partial charge >= 0.3 is 0 Å². The van der Waals surface area contributed by atoms with Gasteiger partial charge in [-0.2, -0.15) is 5.26 Å². The van der Waals surface area contributed by atoms with Crippen LogP contribution in [0.5, 0.6) is 0 Å². The minimum absolute atomic E-state index is 0.113. The Morgan fingerprint density at radius 2 is 1.90 bits per heavy atom. The Kier molecular flexibility index (Phi) is 4.53. The number of nitriles is 1. The maximum absolute atomic E-state index is 8.75. The van der Waals surface area contributed by atoms with E-state index in [9.17, 15) is 0 Å². The lowest BCUT2D eigenvalue weighted by Crippen LogP contribution is -2.14. The molecule has 0 spiro atoms. The van der Waals surface area contributed by atoms with Crippen molar-refractivity contribution in [3.63, 3.8) is 0 Å². The first-order valence-electron chi connectivity index (χ1n) is 6.63. The molecule has 1 N–H and O–H groups in total. The maximum atomic E-state index is 8.75. The first-order valence-corrected chi connectivity index (χ1v) is 7.51. The van der Waals surface area contributed by atoms with Crippen LogP contribution in [0.3, 0.4) is 0 Å². The van der Waals surface area contributed by atoms with Crippen LogP contribution in [0.4, 0.5) is 0 Å². The number of hydrogen-bond acceptors (Lipinski definition) is 4. The largest absolute Gasteiger partial charge is 0.306 e. The number of thiazole rings is 1. The molecule has 2 rings (SSSR count). The van der Waals surface area contributed by atoms with Gasteiger partial charge < -0.3 is 5.32 Å². The molecule has 0 saturated carbocycles. The standard InChI is InChI=1S/C16H19N3S/c1-16(2,3)14-11-20-15(19-14)10-18-9-13-6-4-12(8-17)5-7-13/h4-7,11,18H,9-10H2,1-3H3. The van der Waals surface area contributed by atoms with Crippen LogP contribution in [0.15, 0.2) is 29.6 Å². The van der Waals surface area contributed by atoms with E-state index in [1.807, 2.05) is 24.3 Å². The summed E-state index contributed by atoms with van der Waals surface area (Å²) in [4.78, 5) is 4.65. The molecule has 2 aromatic rings. The Labute approximate surface area is 124 Å². The van der Waals surface area contributed by atoms with Gasteiger partial charge in [-0.3, -0.25) is 0 Å². The molecule has 0 amide bonds. The Morgan fingerprint density at radius 1 is 1.20 bits per heavy atom. The minimum atomic E-state index is 0.113. The number of hydrogen-bond donors (Lipinski definition) is 1. The SMILES string of the molecule is CC(C)(C)c1csc(CNCc2ccc(C#N)cc2)n1. The van der Waals surface area contributed by atoms with Crippen LogP contribution in [0.25, 0.3) is 0 Å². The quantitative estimate of drug-likeness (QED) is 0.933. The van der Waals surface area contributed by atoms with E-state index in [1.54, 1.807) is 11.3 Å². The lowest BCUT2D eigenvalue weighted by Gasteiger charge is -2.14. The average molecular weight is 285 g/mol. The third kappa shape index (κ3) is 3.89. The van der Waals surface area contributed by atoms with Gasteiger partial charge in [0.1, 0.15) is 5.01 Å². The summed E-state index contributed by atoms with van der Waals surface area (Å²) in [5.41, 5.74) is 3.14. The first kappa shape index (κ1) is 14.7. The van der Waals surface area contributed by atoms with E-state index < -0.39 is 0 Å². The van der Waals surface area contributed by atoms with Crippen molar-refractivity contribution in [1.29, 1.82) is 5.26 Å². The second-order valence-electron chi connectivity index (χ2n) is 5.79. The van der Waals surface area contributed by atoms with Gasteiger partial charge in [0.2, 0.25) is 0 Å². The highest BCUT2D eigenvalue weighted by Gasteiger charge is 2.17. The summed E-state index contributed by atoms with van der Waals surface area (Å²) in [6.07, 6.45) is 0. The predicted molar refractivity (Wildman–Crippen MR) is 82.5 cm³/mol. The highest BCUT2D eigenvalue weighted by Crippen LogP contribution is 2.23. The number of nitrogens with zero attached hydrogens (tertiary/aromatic N) is 2. The summed E-state index contributed by atoms with van der Waals surface area (Å²) in [7, 11) is 0. The molecule has 0 aliphatic carbocycles. The number of nitrogens with one attached hydrogen (secondary N) is 1. The summed E-state index contributed by atoms with van der Waals surface area (Å²) in [6.45, 7) is 8.10. The molecule has 0 bridgehead atoms. The molecular weight excluding hydrogens is 266 g/mol. The van der Waals surface area contributed by atoms with Crippen LogP contribution in [0.1, 0.15) is 42.6 Å². The van der Waals surface area contributed by atoms with Crippen molar-refractivity contribution < 1.29 is 0 Å². The summed E-state index contributed by atoms with van der Waals surface area (Å²) < 4.78 is 0. The van der Waals surface area contributed by atoms with Gasteiger partial charge in [0.05, 0.1) is 17.3 Å². The second-order valence-corrected chi connectivity index (χ2v) is 6.73. The van der Waals surface area contributed by atoms with E-state index in [2.05, 4.69) is 42.5 Å². The minimum Gasteiger partial charge on any atom is -0.306 e. The molecule has 0 atom stereocenters. The Bertz CT molecular complexity index is 600. The Hall–Kier alpha value is -1.70. The molecule has 0 saturated heterocycles. The zero-order valence-corrected chi connectivity index (χ0v) is 12.9. The molecular formula is C16H19N3S. The van der Waals surface area contributed by atoms with Gasteiger partial charge in [-0.15, -0.1) is 11.3 Å². The fourth-order valence-corrected chi connectivity index (χ4v) is 2.74. The molecule has 3 nitrogen and oxygen atoms in total. The van der Waals surface area contributed by atoms with Crippen LogP contribution >= 0.6 is 11.3 Å². The van der Waals surface area contributed by atoms with E-state index in [4.69, 9.17) is 5.26 Å². The van der Waals surface area contributed by atoms with Crippen LogP contribution in [-0.4, -0.2) is 4.98 Å². The first-order chi connectivity index (χ1) is 9.49. The molecule has 1 aromatic carbocycles. The molecule has 0 aliphatic heterocycles. The van der Waals surface area contributed by atoms with Gasteiger partial charge in [-0.05, 0) is 17.7 Å². The van der Waals surface area contributed by atoms with Gasteiger partial charge in [0.25, 0.3) is 0 Å². The summed E-state index contributed by atoms with van der Waals surface area (Å²) in [5.74, 6) is 0. The predicted octanol–water partition coefficient (Wildman–Crippen LogP) is 3.60. The lowest BCUT2D eigenvalue weighted by atomic mass is 9.93. The van der Waals surface area contributed by atoms with Gasteiger partial charge in [-0.1, -0.05) is 32.9 Å². The normalized spacial score (nSPS) is 11.3. The Morgan fingerprint density at radius 3 is 2.45 bits per heavy atom. The molecule has 104 valence electrons. The van der Waals surface area contributed by atoms with Gasteiger partial charge in [-0.25, -0.2) is 4.98 Å². The van der Waals surface area contributed by atoms with Crippen molar-refractivity contribution >= 4 is 11.3 Å². The van der Waals surface area contributed by atoms with Crippen molar-refractivity contribution in [3.05, 3.63) is 51.5 Å². The average Bonchev–Trinajstić information content (AvgIpc) is 2.88. The van der Waals surface area contributed by atoms with Crippen LogP contribution in [0.2, 0.25) is 0 Å². The van der Waals surface area contributed by atoms with Crippen molar-refractivity contribution in [2.75, 3.05) is 0 Å². The zero-order chi connectivity index (χ0) is 14.6. The third-order valence-electron chi connectivity index (χ3n) is 3.01. The molecule has 0 unspecified atom stereocenters. The van der Waals surface area contributed by atoms with Crippen molar-refractivity contribution in [2.45, 2.75) is 39.3 Å². The van der Waals surface area contributed by atoms with E-state index >= 15 is 0 Å². The molecule has 1 aromatic heterocycles. The zero-order valence-electron chi connectivity index (χ0n) is 12.1. The van der Waals surface area contributed by atoms with Gasteiger partial charge in [0.15, 0.2) is 0 Å². The molecule has 0 radical (unpaired) electrons. The highest BCUT2D eigenvalue weighted by atomic mass is 32.1. The molecule has 0 aliphatic rings. The molecule has 4 heteroatoms. The monoisotopic (exact) mass is 285 g/mol. The van der Waals surface area contributed by atoms with Crippen molar-refractivity contribution in [3.8, 4) is 6.07 Å². The maximum Gasteiger partial charge on any atom is 0.107 e. The summed E-state index contributed by atoms with van der Waals surface area (Å²) in [5, 5.41) is 15.4. The van der Waals surface area contributed by atoms with E-state index in [0.29, 0.717) is 5.56 Å². The Balaban J connectivity index is 1.86. The summed E-state index contributed by atoms with van der Waals surface area (Å²) in [6, 6.07) is 9.78. The van der Waals surface area contributed by atoms with E-state index in [-0.39, 0.29) is 5.41 Å². The highest BCUT2D eigenvalue weighted by molar-refractivity contribution is 7.09. The summed E-state index contributed by atoms with van der Waals surface area (Å²) >= 11 is 1.70. The third-order valence-corrected chi connectivity index (χ3v) is 3.86. The smallest absolute Gasteiger partial charge is 0.107 e. The van der Waals surface area contributed by atoms with Gasteiger partial charge in [0, 0.05) is 23.9 Å². The molecule has 0 fully saturated rings.